The van der Waals surface area contributed by atoms with E-state index in [0.717, 1.165) is 11.1 Å². The van der Waals surface area contributed by atoms with Gasteiger partial charge < -0.3 is 0 Å². The highest BCUT2D eigenvalue weighted by Crippen LogP contribution is 2.47. The van der Waals surface area contributed by atoms with E-state index >= 15 is 0 Å². The standard InChI is InChI=1S/C10H22Si/c1-5-10-7-6-8-11(10,4)9(2)3/h9-10H,5-8H2,1-4H3. The molecule has 1 fully saturated rings. The maximum atomic E-state index is 2.62. The minimum absolute atomic E-state index is 0.793. The summed E-state index contributed by atoms with van der Waals surface area (Å²) in [5.41, 5.74) is 2.15. The van der Waals surface area contributed by atoms with Crippen LogP contribution in [0.2, 0.25) is 23.7 Å². The third kappa shape index (κ3) is 1.53. The van der Waals surface area contributed by atoms with Gasteiger partial charge in [0.05, 0.1) is 8.07 Å². The van der Waals surface area contributed by atoms with E-state index < -0.39 is 8.07 Å². The van der Waals surface area contributed by atoms with E-state index in [2.05, 4.69) is 27.3 Å². The SMILES string of the molecule is CCC1CCC[Si]1(C)C(C)C. The fraction of sp³-hybridized carbons (Fsp3) is 1.00. The van der Waals surface area contributed by atoms with Crippen molar-refractivity contribution in [2.24, 2.45) is 0 Å². The van der Waals surface area contributed by atoms with Crippen LogP contribution in [-0.2, 0) is 0 Å². The van der Waals surface area contributed by atoms with E-state index in [1.54, 1.807) is 6.04 Å². The van der Waals surface area contributed by atoms with Gasteiger partial charge >= 0.3 is 0 Å². The van der Waals surface area contributed by atoms with Crippen molar-refractivity contribution < 1.29 is 0 Å². The van der Waals surface area contributed by atoms with Crippen molar-refractivity contribution in [3.8, 4) is 0 Å². The smallest absolute Gasteiger partial charge is 0.0561 e. The zero-order valence-electron chi connectivity index (χ0n) is 8.48. The molecule has 0 bridgehead atoms. The summed E-state index contributed by atoms with van der Waals surface area (Å²) in [6.45, 7) is 9.89. The van der Waals surface area contributed by atoms with Crippen molar-refractivity contribution in [1.82, 2.24) is 0 Å². The zero-order valence-corrected chi connectivity index (χ0v) is 9.48. The Balaban J connectivity index is 2.67. The topological polar surface area (TPSA) is 0 Å². The highest BCUT2D eigenvalue weighted by atomic mass is 28.3. The summed E-state index contributed by atoms with van der Waals surface area (Å²) in [6, 6.07) is 1.60. The molecule has 0 saturated carbocycles. The Hall–Kier alpha value is 0.217. The summed E-state index contributed by atoms with van der Waals surface area (Å²) in [6.07, 6.45) is 4.51. The molecular weight excluding hydrogens is 148 g/mol. The zero-order chi connectivity index (χ0) is 8.48. The second kappa shape index (κ2) is 3.30. The van der Waals surface area contributed by atoms with Crippen LogP contribution in [0.25, 0.3) is 0 Å². The molecule has 1 rings (SSSR count). The van der Waals surface area contributed by atoms with E-state index in [1.807, 2.05) is 0 Å². The molecule has 1 aliphatic rings. The molecule has 0 radical (unpaired) electrons. The van der Waals surface area contributed by atoms with Crippen molar-refractivity contribution >= 4 is 8.07 Å². The minimum atomic E-state index is -0.793. The monoisotopic (exact) mass is 170 g/mol. The van der Waals surface area contributed by atoms with Crippen LogP contribution in [0.15, 0.2) is 0 Å². The van der Waals surface area contributed by atoms with Gasteiger partial charge in [0.15, 0.2) is 0 Å². The van der Waals surface area contributed by atoms with Gasteiger partial charge in [-0.3, -0.25) is 0 Å². The molecule has 1 heteroatoms. The Morgan fingerprint density at radius 2 is 2.09 bits per heavy atom. The Labute approximate surface area is 72.4 Å². The lowest BCUT2D eigenvalue weighted by atomic mass is 10.2. The first kappa shape index (κ1) is 9.31. The van der Waals surface area contributed by atoms with Crippen LogP contribution in [0.4, 0.5) is 0 Å². The summed E-state index contributed by atoms with van der Waals surface area (Å²) < 4.78 is 0. The molecule has 0 spiro atoms. The molecule has 0 amide bonds. The molecule has 0 aliphatic carbocycles. The second-order valence-corrected chi connectivity index (χ2v) is 10.1. The molecule has 66 valence electrons. The van der Waals surface area contributed by atoms with Gasteiger partial charge in [-0.2, -0.15) is 0 Å². The van der Waals surface area contributed by atoms with Gasteiger partial charge in [0.2, 0.25) is 0 Å². The number of rotatable bonds is 2. The third-order valence-corrected chi connectivity index (χ3v) is 10.6. The molecule has 2 unspecified atom stereocenters. The van der Waals surface area contributed by atoms with Gasteiger partial charge in [-0.25, -0.2) is 0 Å². The van der Waals surface area contributed by atoms with Crippen LogP contribution in [0.5, 0.6) is 0 Å². The van der Waals surface area contributed by atoms with Crippen molar-refractivity contribution in [1.29, 1.82) is 0 Å². The summed E-state index contributed by atoms with van der Waals surface area (Å²) in [7, 11) is -0.793. The van der Waals surface area contributed by atoms with Crippen LogP contribution in [0.1, 0.15) is 40.0 Å². The van der Waals surface area contributed by atoms with E-state index in [1.165, 1.54) is 19.3 Å². The molecule has 0 aromatic rings. The first-order valence-corrected chi connectivity index (χ1v) is 7.97. The fourth-order valence-electron chi connectivity index (χ4n) is 2.69. The first-order chi connectivity index (χ1) is 5.11. The lowest BCUT2D eigenvalue weighted by Gasteiger charge is -2.33. The first-order valence-electron chi connectivity index (χ1n) is 5.11. The van der Waals surface area contributed by atoms with Gasteiger partial charge in [-0.1, -0.05) is 58.2 Å². The van der Waals surface area contributed by atoms with Gasteiger partial charge in [-0.15, -0.1) is 0 Å². The highest BCUT2D eigenvalue weighted by molar-refractivity contribution is 6.81. The highest BCUT2D eigenvalue weighted by Gasteiger charge is 2.41. The van der Waals surface area contributed by atoms with E-state index in [0.29, 0.717) is 0 Å². The summed E-state index contributed by atoms with van der Waals surface area (Å²) in [5, 5.41) is 0. The van der Waals surface area contributed by atoms with E-state index in [9.17, 15) is 0 Å². The normalized spacial score (nSPS) is 38.5. The van der Waals surface area contributed by atoms with Crippen molar-refractivity contribution in [2.75, 3.05) is 0 Å². The van der Waals surface area contributed by atoms with Crippen LogP contribution in [0, 0.1) is 0 Å². The number of hydrogen-bond acceptors (Lipinski definition) is 0. The summed E-state index contributed by atoms with van der Waals surface area (Å²) in [5.74, 6) is 0. The molecule has 0 aromatic carbocycles. The van der Waals surface area contributed by atoms with E-state index in [-0.39, 0.29) is 0 Å². The van der Waals surface area contributed by atoms with Gasteiger partial charge in [0.25, 0.3) is 0 Å². The molecule has 1 saturated heterocycles. The summed E-state index contributed by atoms with van der Waals surface area (Å²) >= 11 is 0. The maximum absolute atomic E-state index is 2.62. The average molecular weight is 170 g/mol. The fourth-order valence-corrected chi connectivity index (χ4v) is 7.38. The molecule has 1 aliphatic heterocycles. The minimum Gasteiger partial charge on any atom is -0.0688 e. The second-order valence-electron chi connectivity index (χ2n) is 4.66. The molecular formula is C10H22Si. The Morgan fingerprint density at radius 3 is 2.45 bits per heavy atom. The van der Waals surface area contributed by atoms with Crippen molar-refractivity contribution in [3.05, 3.63) is 0 Å². The van der Waals surface area contributed by atoms with Crippen LogP contribution < -0.4 is 0 Å². The van der Waals surface area contributed by atoms with E-state index in [4.69, 9.17) is 0 Å². The quantitative estimate of drug-likeness (QED) is 0.548. The number of hydrogen-bond donors (Lipinski definition) is 0. The predicted octanol–water partition coefficient (Wildman–Crippen LogP) is 4.05. The van der Waals surface area contributed by atoms with Crippen molar-refractivity contribution in [3.63, 3.8) is 0 Å². The molecule has 1 heterocycles. The largest absolute Gasteiger partial charge is 0.0688 e. The average Bonchev–Trinajstić information content (AvgIpc) is 2.32. The van der Waals surface area contributed by atoms with Gasteiger partial charge in [0, 0.05) is 0 Å². The Bertz CT molecular complexity index is 131. The molecule has 11 heavy (non-hydrogen) atoms. The molecule has 0 N–H and O–H groups in total. The molecule has 2 atom stereocenters. The van der Waals surface area contributed by atoms with Gasteiger partial charge in [-0.05, 0) is 5.54 Å². The third-order valence-electron chi connectivity index (χ3n) is 4.01. The Kier molecular flexibility index (Phi) is 2.79. The van der Waals surface area contributed by atoms with Crippen LogP contribution in [0.3, 0.4) is 0 Å². The van der Waals surface area contributed by atoms with Crippen LogP contribution in [-0.4, -0.2) is 8.07 Å². The lowest BCUT2D eigenvalue weighted by molar-refractivity contribution is 0.723. The lowest BCUT2D eigenvalue weighted by Crippen LogP contribution is -2.34. The van der Waals surface area contributed by atoms with Crippen LogP contribution >= 0.6 is 0 Å². The predicted molar refractivity (Wildman–Crippen MR) is 54.8 cm³/mol. The molecule has 0 nitrogen and oxygen atoms in total. The van der Waals surface area contributed by atoms with Crippen molar-refractivity contribution in [2.45, 2.75) is 63.7 Å². The Morgan fingerprint density at radius 1 is 1.45 bits per heavy atom. The van der Waals surface area contributed by atoms with Gasteiger partial charge in [0.1, 0.15) is 0 Å². The molecule has 0 aromatic heterocycles. The maximum Gasteiger partial charge on any atom is 0.0561 e. The summed E-state index contributed by atoms with van der Waals surface area (Å²) in [4.78, 5) is 0.